The molecule has 0 aliphatic carbocycles. The number of amides is 2. The van der Waals surface area contributed by atoms with E-state index >= 15 is 0 Å². The molecule has 1 aromatic carbocycles. The normalized spacial score (nSPS) is 10.9. The molecule has 10 nitrogen and oxygen atoms in total. The van der Waals surface area contributed by atoms with Gasteiger partial charge >= 0.3 is 5.97 Å². The third kappa shape index (κ3) is 7.28. The van der Waals surface area contributed by atoms with Gasteiger partial charge in [0.05, 0.1) is 27.3 Å². The number of benzene rings is 1. The Morgan fingerprint density at radius 2 is 2.03 bits per heavy atom. The van der Waals surface area contributed by atoms with E-state index in [-0.39, 0.29) is 33.9 Å². The van der Waals surface area contributed by atoms with Gasteiger partial charge in [0, 0.05) is 11.6 Å². The zero-order valence-corrected chi connectivity index (χ0v) is 23.9. The maximum Gasteiger partial charge on any atom is 0.341 e. The predicted octanol–water partition coefficient (Wildman–Crippen LogP) is 5.11. The quantitative estimate of drug-likeness (QED) is 0.167. The molecule has 0 unspecified atom stereocenters. The van der Waals surface area contributed by atoms with Crippen LogP contribution in [0.1, 0.15) is 45.3 Å². The summed E-state index contributed by atoms with van der Waals surface area (Å²) in [7, 11) is 0. The third-order valence-electron chi connectivity index (χ3n) is 4.86. The first-order chi connectivity index (χ1) is 18.0. The Morgan fingerprint density at radius 1 is 1.29 bits per heavy atom. The van der Waals surface area contributed by atoms with Crippen LogP contribution in [-0.2, 0) is 22.7 Å². The van der Waals surface area contributed by atoms with Crippen molar-refractivity contribution in [2.24, 2.45) is 5.73 Å². The largest absolute Gasteiger partial charge is 0.484 e. The second kappa shape index (κ2) is 13.1. The molecule has 14 heteroatoms. The number of esters is 1. The number of primary amides is 1. The highest BCUT2D eigenvalue weighted by Gasteiger charge is 2.26. The molecule has 0 spiro atoms. The fraction of sp³-hybridized carbons (Fsp3) is 0.292. The third-order valence-corrected chi connectivity index (χ3v) is 7.58. The van der Waals surface area contributed by atoms with Crippen molar-refractivity contribution in [1.82, 2.24) is 14.8 Å². The Labute approximate surface area is 237 Å². The van der Waals surface area contributed by atoms with Crippen LogP contribution < -0.4 is 15.8 Å². The van der Waals surface area contributed by atoms with Crippen molar-refractivity contribution in [3.8, 4) is 5.75 Å². The van der Waals surface area contributed by atoms with Gasteiger partial charge in [-0.05, 0) is 44.5 Å². The van der Waals surface area contributed by atoms with E-state index in [1.165, 1.54) is 0 Å². The van der Waals surface area contributed by atoms with Crippen molar-refractivity contribution in [3.05, 3.63) is 62.7 Å². The van der Waals surface area contributed by atoms with Crippen molar-refractivity contribution >= 4 is 69.1 Å². The average molecular weight is 599 g/mol. The van der Waals surface area contributed by atoms with Gasteiger partial charge in [-0.25, -0.2) is 4.79 Å². The van der Waals surface area contributed by atoms with Gasteiger partial charge in [0.15, 0.2) is 11.0 Å². The molecule has 0 radical (unpaired) electrons. The Kier molecular flexibility index (Phi) is 10.2. The molecule has 2 amide bonds. The monoisotopic (exact) mass is 597 g/mol. The number of thiophene rings is 1. The molecule has 3 rings (SSSR count). The number of nitrogens with zero attached hydrogens (tertiary/aromatic N) is 3. The minimum Gasteiger partial charge on any atom is -0.484 e. The lowest BCUT2D eigenvalue weighted by Crippen LogP contribution is -2.18. The highest BCUT2D eigenvalue weighted by atomic mass is 35.5. The minimum absolute atomic E-state index is 0.0549. The molecule has 202 valence electrons. The lowest BCUT2D eigenvalue weighted by Gasteiger charge is -2.11. The smallest absolute Gasteiger partial charge is 0.341 e. The number of ether oxygens (including phenoxy) is 2. The second-order valence-electron chi connectivity index (χ2n) is 8.08. The fourth-order valence-corrected chi connectivity index (χ4v) is 5.52. The molecule has 0 aliphatic heterocycles. The van der Waals surface area contributed by atoms with Crippen molar-refractivity contribution in [1.29, 1.82) is 0 Å². The molecule has 0 aliphatic rings. The second-order valence-corrected chi connectivity index (χ2v) is 10.9. The van der Waals surface area contributed by atoms with E-state index in [0.29, 0.717) is 38.9 Å². The number of thioether (sulfide) groups is 1. The zero-order chi connectivity index (χ0) is 28.0. The number of aromatic nitrogens is 3. The van der Waals surface area contributed by atoms with Gasteiger partial charge in [0.1, 0.15) is 17.4 Å². The molecule has 2 aromatic heterocycles. The van der Waals surface area contributed by atoms with Crippen LogP contribution in [0.25, 0.3) is 0 Å². The summed E-state index contributed by atoms with van der Waals surface area (Å²) in [6, 6.07) is 4.88. The van der Waals surface area contributed by atoms with Gasteiger partial charge in [0.2, 0.25) is 5.91 Å². The molecule has 0 saturated heterocycles. The molecular weight excluding hydrogens is 573 g/mol. The number of nitrogens with one attached hydrogen (secondary N) is 1. The number of hydrogen-bond donors (Lipinski definition) is 2. The molecule has 3 aromatic rings. The lowest BCUT2D eigenvalue weighted by atomic mass is 10.1. The van der Waals surface area contributed by atoms with Crippen LogP contribution in [0.5, 0.6) is 5.75 Å². The summed E-state index contributed by atoms with van der Waals surface area (Å²) in [5.74, 6) is -0.900. The van der Waals surface area contributed by atoms with E-state index in [1.807, 2.05) is 0 Å². The highest BCUT2D eigenvalue weighted by Crippen LogP contribution is 2.34. The van der Waals surface area contributed by atoms with Crippen molar-refractivity contribution in [2.45, 2.75) is 45.2 Å². The number of nitrogens with two attached hydrogens (primary N) is 1. The summed E-state index contributed by atoms with van der Waals surface area (Å²) >= 11 is 14.1. The van der Waals surface area contributed by atoms with E-state index in [2.05, 4.69) is 22.1 Å². The van der Waals surface area contributed by atoms with Crippen LogP contribution in [-0.4, -0.2) is 44.4 Å². The van der Waals surface area contributed by atoms with Gasteiger partial charge in [-0.2, -0.15) is 0 Å². The number of carbonyl (C=O) groups is 3. The molecule has 38 heavy (non-hydrogen) atoms. The summed E-state index contributed by atoms with van der Waals surface area (Å²) in [5, 5.41) is 12.5. The van der Waals surface area contributed by atoms with E-state index in [0.717, 1.165) is 23.1 Å². The van der Waals surface area contributed by atoms with Gasteiger partial charge in [-0.3, -0.25) is 14.2 Å². The topological polar surface area (TPSA) is 138 Å². The first-order valence-electron chi connectivity index (χ1n) is 11.2. The van der Waals surface area contributed by atoms with Crippen molar-refractivity contribution < 1.29 is 23.9 Å². The van der Waals surface area contributed by atoms with Crippen LogP contribution in [0, 0.1) is 6.92 Å². The molecule has 0 fully saturated rings. The maximum absolute atomic E-state index is 12.8. The van der Waals surface area contributed by atoms with E-state index in [4.69, 9.17) is 38.4 Å². The van der Waals surface area contributed by atoms with Crippen LogP contribution in [0.15, 0.2) is 36.0 Å². The predicted molar refractivity (Wildman–Crippen MR) is 148 cm³/mol. The van der Waals surface area contributed by atoms with E-state index in [9.17, 15) is 14.4 Å². The van der Waals surface area contributed by atoms with Crippen LogP contribution >= 0.6 is 46.3 Å². The summed E-state index contributed by atoms with van der Waals surface area (Å²) in [5.41, 5.74) is 5.90. The summed E-state index contributed by atoms with van der Waals surface area (Å²) in [6.07, 6.45) is 1.28. The molecule has 0 saturated carbocycles. The number of rotatable bonds is 12. The molecular formula is C24H25Cl2N5O5S2. The highest BCUT2D eigenvalue weighted by molar-refractivity contribution is 7.99. The number of allylic oxidation sites excluding steroid dienone is 1. The van der Waals surface area contributed by atoms with Gasteiger partial charge < -0.3 is 20.5 Å². The Hall–Kier alpha value is -3.06. The number of halogens is 2. The Balaban J connectivity index is 1.72. The zero-order valence-electron chi connectivity index (χ0n) is 20.7. The molecule has 0 atom stereocenters. The number of anilines is 1. The first-order valence-corrected chi connectivity index (χ1v) is 13.7. The maximum atomic E-state index is 12.8. The van der Waals surface area contributed by atoms with Crippen LogP contribution in [0.3, 0.4) is 0 Å². The van der Waals surface area contributed by atoms with Crippen molar-refractivity contribution in [2.75, 3.05) is 11.1 Å². The molecule has 2 heterocycles. The molecule has 3 N–H and O–H groups in total. The number of carbonyl (C=O) groups excluding carboxylic acids is 3. The van der Waals surface area contributed by atoms with Gasteiger partial charge in [-0.15, -0.1) is 28.1 Å². The summed E-state index contributed by atoms with van der Waals surface area (Å²) in [6.45, 7) is 9.19. The van der Waals surface area contributed by atoms with Gasteiger partial charge in [-0.1, -0.05) is 41.0 Å². The molecule has 0 bridgehead atoms. The fourth-order valence-electron chi connectivity index (χ4n) is 3.23. The van der Waals surface area contributed by atoms with Crippen molar-refractivity contribution in [3.63, 3.8) is 0 Å². The van der Waals surface area contributed by atoms with Crippen LogP contribution in [0.2, 0.25) is 10.0 Å². The number of hydrogen-bond acceptors (Lipinski definition) is 9. The lowest BCUT2D eigenvalue weighted by molar-refractivity contribution is -0.113. The average Bonchev–Trinajstić information content (AvgIpc) is 3.37. The standard InChI is InChI=1S/C24H25Cl2N5O5S2/c1-5-8-31-17(10-35-16-7-6-14(25)9-15(16)26)29-30-24(31)37-11-18(32)28-22-19(23(34)36-12(2)3)13(4)20(38-22)21(27)33/h5-7,9,12H,1,8,10-11H2,2-4H3,(H2,27,33)(H,28,32). The van der Waals surface area contributed by atoms with E-state index in [1.54, 1.807) is 49.6 Å². The first kappa shape index (κ1) is 29.5. The van der Waals surface area contributed by atoms with E-state index < -0.39 is 17.8 Å². The van der Waals surface area contributed by atoms with Gasteiger partial charge in [0.25, 0.3) is 5.91 Å². The van der Waals surface area contributed by atoms with Crippen LogP contribution in [0.4, 0.5) is 5.00 Å². The Bertz CT molecular complexity index is 1370. The SMILES string of the molecule is C=CCn1c(COc2ccc(Cl)cc2Cl)nnc1SCC(=O)Nc1sc(C(N)=O)c(C)c1C(=O)OC(C)C. The summed E-state index contributed by atoms with van der Waals surface area (Å²) < 4.78 is 12.8. The Morgan fingerprint density at radius 3 is 2.66 bits per heavy atom. The summed E-state index contributed by atoms with van der Waals surface area (Å²) in [4.78, 5) is 37.4. The minimum atomic E-state index is -0.701.